The number of H-pyrrole nitrogens is 1. The Labute approximate surface area is 275 Å². The van der Waals surface area contributed by atoms with Gasteiger partial charge in [-0.05, 0) is 56.8 Å². The number of carboxylic acids is 1. The zero-order valence-corrected chi connectivity index (χ0v) is 27.8. The molecule has 6 N–H and O–H groups in total. The van der Waals surface area contributed by atoms with Gasteiger partial charge in [-0.2, -0.15) is 0 Å². The molecule has 4 heterocycles. The monoisotopic (exact) mass is 658 g/mol. The highest BCUT2D eigenvalue weighted by atomic mass is 16.4. The van der Waals surface area contributed by atoms with E-state index in [4.69, 9.17) is 5.73 Å². The lowest BCUT2D eigenvalue weighted by Crippen LogP contribution is -2.59. The van der Waals surface area contributed by atoms with E-state index in [0.717, 1.165) is 0 Å². The van der Waals surface area contributed by atoms with Crippen molar-refractivity contribution in [2.45, 2.75) is 115 Å². The highest BCUT2D eigenvalue weighted by Gasteiger charge is 2.46. The molecule has 3 fully saturated rings. The smallest absolute Gasteiger partial charge is 0.326 e. The van der Waals surface area contributed by atoms with Crippen LogP contribution in [0.4, 0.5) is 0 Å². The van der Waals surface area contributed by atoms with Crippen molar-refractivity contribution in [1.29, 1.82) is 0 Å². The zero-order valence-electron chi connectivity index (χ0n) is 27.8. The van der Waals surface area contributed by atoms with Gasteiger partial charge in [-0.3, -0.25) is 24.0 Å². The van der Waals surface area contributed by atoms with Crippen LogP contribution >= 0.6 is 0 Å². The van der Waals surface area contributed by atoms with Crippen molar-refractivity contribution >= 4 is 35.5 Å². The molecule has 3 saturated heterocycles. The molecule has 260 valence electrons. The number of nitrogens with one attached hydrogen (secondary N) is 3. The summed E-state index contributed by atoms with van der Waals surface area (Å²) in [6.45, 7) is 8.46. The molecular formula is C32H50N8O7. The molecule has 4 rings (SSSR count). The number of hydrogen-bond donors (Lipinski definition) is 5. The third-order valence-corrected chi connectivity index (χ3v) is 9.42. The third-order valence-electron chi connectivity index (χ3n) is 9.42. The maximum absolute atomic E-state index is 14.1. The van der Waals surface area contributed by atoms with Crippen molar-refractivity contribution in [3.8, 4) is 0 Å². The Balaban J connectivity index is 1.50. The van der Waals surface area contributed by atoms with Crippen LogP contribution < -0.4 is 16.4 Å². The molecule has 0 spiro atoms. The number of nitrogens with zero attached hydrogens (tertiary/aromatic N) is 4. The quantitative estimate of drug-likeness (QED) is 0.193. The predicted octanol–water partition coefficient (Wildman–Crippen LogP) is 0.00880. The van der Waals surface area contributed by atoms with Gasteiger partial charge < -0.3 is 41.2 Å². The van der Waals surface area contributed by atoms with Gasteiger partial charge in [0, 0.05) is 37.9 Å². The molecular weight excluding hydrogens is 608 g/mol. The number of nitrogens with two attached hydrogens (primary N) is 1. The first kappa shape index (κ1) is 35.8. The van der Waals surface area contributed by atoms with Crippen LogP contribution in [0, 0.1) is 11.8 Å². The van der Waals surface area contributed by atoms with E-state index in [-0.39, 0.29) is 30.1 Å². The van der Waals surface area contributed by atoms with Crippen LogP contribution in [0.15, 0.2) is 12.5 Å². The highest BCUT2D eigenvalue weighted by molar-refractivity contribution is 5.97. The second-order valence-electron chi connectivity index (χ2n) is 13.7. The second kappa shape index (κ2) is 15.7. The Kier molecular flexibility index (Phi) is 12.0. The zero-order chi connectivity index (χ0) is 34.4. The third kappa shape index (κ3) is 8.48. The number of carbonyl (C=O) groups excluding carboxylic acids is 5. The lowest BCUT2D eigenvalue weighted by molar-refractivity contribution is -0.153. The molecule has 47 heavy (non-hydrogen) atoms. The maximum Gasteiger partial charge on any atom is 0.326 e. The van der Waals surface area contributed by atoms with Gasteiger partial charge >= 0.3 is 5.97 Å². The number of rotatable bonds is 13. The first-order chi connectivity index (χ1) is 22.3. The van der Waals surface area contributed by atoms with Crippen molar-refractivity contribution in [2.24, 2.45) is 17.6 Å². The first-order valence-electron chi connectivity index (χ1n) is 16.8. The average Bonchev–Trinajstić information content (AvgIpc) is 3.85. The Morgan fingerprint density at radius 1 is 0.851 bits per heavy atom. The van der Waals surface area contributed by atoms with E-state index in [1.165, 1.54) is 21.0 Å². The maximum atomic E-state index is 14.1. The molecule has 15 nitrogen and oxygen atoms in total. The average molecular weight is 659 g/mol. The number of likely N-dealkylation sites (tertiary alicyclic amines) is 3. The fraction of sp³-hybridized carbons (Fsp3) is 0.719. The first-order valence-corrected chi connectivity index (χ1v) is 16.8. The van der Waals surface area contributed by atoms with Crippen LogP contribution in [-0.2, 0) is 35.2 Å². The van der Waals surface area contributed by atoms with Gasteiger partial charge in [0.15, 0.2) is 0 Å². The van der Waals surface area contributed by atoms with Gasteiger partial charge in [0.25, 0.3) is 0 Å². The minimum absolute atomic E-state index is 0.0132. The van der Waals surface area contributed by atoms with Crippen LogP contribution in [0.2, 0.25) is 0 Å². The van der Waals surface area contributed by atoms with Crippen LogP contribution in [-0.4, -0.2) is 121 Å². The molecule has 1 aromatic heterocycles. The van der Waals surface area contributed by atoms with E-state index in [9.17, 15) is 33.9 Å². The fourth-order valence-electron chi connectivity index (χ4n) is 6.81. The van der Waals surface area contributed by atoms with E-state index in [1.807, 2.05) is 13.8 Å². The Bertz CT molecular complexity index is 1300. The topological polar surface area (TPSA) is 211 Å². The molecule has 0 aromatic carbocycles. The van der Waals surface area contributed by atoms with Gasteiger partial charge in [-0.1, -0.05) is 27.7 Å². The van der Waals surface area contributed by atoms with Crippen molar-refractivity contribution in [2.75, 3.05) is 19.6 Å². The SMILES string of the molecule is CC(C)C[C@H](NC(=O)[C@H](Cc1cnc[nH]1)NC(=O)[C@@H](N)C(C)C)C(=O)N1CCC[C@H]1C(=O)N1CCC[C@H]1C(=O)N1CCC[C@H]1C(=O)O. The normalized spacial score (nSPS) is 23.2. The number of carboxylic acid groups (broad SMARTS) is 1. The Morgan fingerprint density at radius 3 is 1.91 bits per heavy atom. The molecule has 0 radical (unpaired) electrons. The lowest BCUT2D eigenvalue weighted by atomic mass is 10.0. The number of amides is 5. The predicted molar refractivity (Wildman–Crippen MR) is 170 cm³/mol. The van der Waals surface area contributed by atoms with E-state index >= 15 is 0 Å². The summed E-state index contributed by atoms with van der Waals surface area (Å²) in [5, 5.41) is 15.2. The van der Waals surface area contributed by atoms with Crippen LogP contribution in [0.25, 0.3) is 0 Å². The number of hydrogen-bond acceptors (Lipinski definition) is 8. The minimum atomic E-state index is -1.05. The van der Waals surface area contributed by atoms with Crippen molar-refractivity contribution in [3.05, 3.63) is 18.2 Å². The minimum Gasteiger partial charge on any atom is -0.480 e. The van der Waals surface area contributed by atoms with Gasteiger partial charge in [0.2, 0.25) is 29.5 Å². The number of aromatic nitrogens is 2. The molecule has 0 unspecified atom stereocenters. The summed E-state index contributed by atoms with van der Waals surface area (Å²) in [7, 11) is 0. The largest absolute Gasteiger partial charge is 0.480 e. The van der Waals surface area contributed by atoms with E-state index in [0.29, 0.717) is 70.3 Å². The number of imidazole rings is 1. The van der Waals surface area contributed by atoms with Crippen LogP contribution in [0.5, 0.6) is 0 Å². The number of carbonyl (C=O) groups is 6. The van der Waals surface area contributed by atoms with Crippen LogP contribution in [0.3, 0.4) is 0 Å². The number of aromatic amines is 1. The summed E-state index contributed by atoms with van der Waals surface area (Å²) in [4.78, 5) is 91.3. The van der Waals surface area contributed by atoms with Gasteiger partial charge in [-0.15, -0.1) is 0 Å². The summed E-state index contributed by atoms with van der Waals surface area (Å²) in [5.74, 6) is -3.34. The van der Waals surface area contributed by atoms with Crippen molar-refractivity contribution in [1.82, 2.24) is 35.3 Å². The van der Waals surface area contributed by atoms with Gasteiger partial charge in [-0.25, -0.2) is 9.78 Å². The lowest BCUT2D eigenvalue weighted by Gasteiger charge is -2.35. The summed E-state index contributed by atoms with van der Waals surface area (Å²) in [6.07, 6.45) is 6.42. The second-order valence-corrected chi connectivity index (χ2v) is 13.7. The van der Waals surface area contributed by atoms with Crippen molar-refractivity contribution in [3.63, 3.8) is 0 Å². The Hall–Kier alpha value is -4.01. The van der Waals surface area contributed by atoms with Gasteiger partial charge in [0.05, 0.1) is 12.4 Å². The summed E-state index contributed by atoms with van der Waals surface area (Å²) >= 11 is 0. The summed E-state index contributed by atoms with van der Waals surface area (Å²) in [5.41, 5.74) is 6.66. The van der Waals surface area contributed by atoms with Crippen molar-refractivity contribution < 1.29 is 33.9 Å². The summed E-state index contributed by atoms with van der Waals surface area (Å²) in [6, 6.07) is -5.31. The standard InChI is InChI=1S/C32H50N8O7/c1-18(2)14-22(37-27(41)21(15-20-16-34-17-35-20)36-28(42)26(33)19(3)4)29(43)38-11-5-8-23(38)30(44)39-12-6-9-24(39)31(45)40-13-7-10-25(40)32(46)47/h16-19,21-26H,5-15,33H2,1-4H3,(H,34,35)(H,36,42)(H,37,41)(H,46,47)/t21-,22-,23-,24-,25-,26-/m0/s1. The molecule has 6 atom stereocenters. The van der Waals surface area contributed by atoms with Gasteiger partial charge in [0.1, 0.15) is 30.2 Å². The summed E-state index contributed by atoms with van der Waals surface area (Å²) < 4.78 is 0. The molecule has 3 aliphatic heterocycles. The Morgan fingerprint density at radius 2 is 1.38 bits per heavy atom. The van der Waals surface area contributed by atoms with E-state index in [1.54, 1.807) is 20.0 Å². The van der Waals surface area contributed by atoms with E-state index in [2.05, 4.69) is 20.6 Å². The molecule has 5 amide bonds. The molecule has 0 bridgehead atoms. The molecule has 0 aliphatic carbocycles. The molecule has 0 saturated carbocycles. The fourth-order valence-corrected chi connectivity index (χ4v) is 6.81. The van der Waals surface area contributed by atoms with E-state index < -0.39 is 59.9 Å². The molecule has 1 aromatic rings. The number of aliphatic carboxylic acids is 1. The molecule has 15 heteroatoms. The molecule has 3 aliphatic rings. The van der Waals surface area contributed by atoms with Crippen LogP contribution in [0.1, 0.15) is 78.3 Å². The highest BCUT2D eigenvalue weighted by Crippen LogP contribution is 2.29.